The highest BCUT2D eigenvalue weighted by Crippen LogP contribution is 2.13. The third kappa shape index (κ3) is 4.88. The Bertz CT molecular complexity index is 948. The standard InChI is InChI=1S/C21H20FN3O2/c1-2-18-12-16(21(26)27)13-19(24-18)4-3-5-20-23-10-11-25(20)14-15-6-8-17(22)9-7-15/h2,6-13H,1,3-5,14H2,(H,26,27). The fourth-order valence-corrected chi connectivity index (χ4v) is 2.89. The Labute approximate surface area is 156 Å². The first-order chi connectivity index (χ1) is 13.0. The smallest absolute Gasteiger partial charge is 0.335 e. The zero-order chi connectivity index (χ0) is 19.2. The third-order valence-electron chi connectivity index (χ3n) is 4.26. The number of benzene rings is 1. The molecular formula is C21H20FN3O2. The van der Waals surface area contributed by atoms with Crippen LogP contribution in [-0.4, -0.2) is 25.6 Å². The van der Waals surface area contributed by atoms with Crippen molar-refractivity contribution >= 4 is 12.0 Å². The average molecular weight is 365 g/mol. The molecule has 0 aliphatic heterocycles. The van der Waals surface area contributed by atoms with Gasteiger partial charge in [0.2, 0.25) is 0 Å². The maximum atomic E-state index is 13.0. The Morgan fingerprint density at radius 1 is 1.22 bits per heavy atom. The van der Waals surface area contributed by atoms with Crippen LogP contribution in [0.25, 0.3) is 6.08 Å². The zero-order valence-corrected chi connectivity index (χ0v) is 14.8. The summed E-state index contributed by atoms with van der Waals surface area (Å²) in [6, 6.07) is 9.53. The fraction of sp³-hybridized carbons (Fsp3) is 0.190. The van der Waals surface area contributed by atoms with E-state index < -0.39 is 5.97 Å². The van der Waals surface area contributed by atoms with E-state index in [1.165, 1.54) is 18.2 Å². The maximum absolute atomic E-state index is 13.0. The number of rotatable bonds is 8. The van der Waals surface area contributed by atoms with E-state index >= 15 is 0 Å². The van der Waals surface area contributed by atoms with Crippen LogP contribution in [0, 0.1) is 5.82 Å². The number of pyridine rings is 1. The van der Waals surface area contributed by atoms with Gasteiger partial charge in [-0.05, 0) is 48.7 Å². The Balaban J connectivity index is 1.64. The predicted molar refractivity (Wildman–Crippen MR) is 101 cm³/mol. The minimum atomic E-state index is -0.975. The molecule has 0 atom stereocenters. The first kappa shape index (κ1) is 18.5. The lowest BCUT2D eigenvalue weighted by molar-refractivity contribution is 0.0696. The molecule has 0 unspecified atom stereocenters. The second-order valence-corrected chi connectivity index (χ2v) is 6.23. The van der Waals surface area contributed by atoms with Crippen molar-refractivity contribution in [3.8, 4) is 0 Å². The number of nitrogens with zero attached hydrogens (tertiary/aromatic N) is 3. The van der Waals surface area contributed by atoms with E-state index in [2.05, 4.69) is 16.5 Å². The van der Waals surface area contributed by atoms with Gasteiger partial charge in [0.15, 0.2) is 0 Å². The highest BCUT2D eigenvalue weighted by atomic mass is 19.1. The van der Waals surface area contributed by atoms with Gasteiger partial charge >= 0.3 is 5.97 Å². The molecule has 6 heteroatoms. The van der Waals surface area contributed by atoms with Crippen LogP contribution in [0.5, 0.6) is 0 Å². The molecule has 27 heavy (non-hydrogen) atoms. The van der Waals surface area contributed by atoms with Crippen molar-refractivity contribution in [2.24, 2.45) is 0 Å². The predicted octanol–water partition coefficient (Wildman–Crippen LogP) is 3.98. The van der Waals surface area contributed by atoms with Crippen LogP contribution in [0.2, 0.25) is 0 Å². The lowest BCUT2D eigenvalue weighted by Crippen LogP contribution is -2.06. The summed E-state index contributed by atoms with van der Waals surface area (Å²) in [7, 11) is 0. The van der Waals surface area contributed by atoms with Crippen LogP contribution in [-0.2, 0) is 19.4 Å². The molecule has 0 spiro atoms. The van der Waals surface area contributed by atoms with E-state index in [9.17, 15) is 14.3 Å². The molecule has 1 aromatic carbocycles. The van der Waals surface area contributed by atoms with Crippen LogP contribution >= 0.6 is 0 Å². The van der Waals surface area contributed by atoms with Crippen LogP contribution in [0.15, 0.2) is 55.4 Å². The van der Waals surface area contributed by atoms with Gasteiger partial charge in [-0.3, -0.25) is 4.98 Å². The van der Waals surface area contributed by atoms with Gasteiger partial charge in [-0.1, -0.05) is 18.7 Å². The van der Waals surface area contributed by atoms with E-state index in [4.69, 9.17) is 0 Å². The number of carbonyl (C=O) groups is 1. The van der Waals surface area contributed by atoms with Gasteiger partial charge in [0.25, 0.3) is 0 Å². The summed E-state index contributed by atoms with van der Waals surface area (Å²) in [6.45, 7) is 4.29. The number of carboxylic acid groups (broad SMARTS) is 1. The molecule has 2 aromatic heterocycles. The molecule has 0 saturated carbocycles. The number of aryl methyl sites for hydroxylation is 2. The van der Waals surface area contributed by atoms with Crippen LogP contribution in [0.3, 0.4) is 0 Å². The summed E-state index contributed by atoms with van der Waals surface area (Å²) < 4.78 is 15.1. The van der Waals surface area contributed by atoms with Crippen molar-refractivity contribution in [1.82, 2.24) is 14.5 Å². The highest BCUT2D eigenvalue weighted by molar-refractivity contribution is 5.88. The second-order valence-electron chi connectivity index (χ2n) is 6.23. The summed E-state index contributed by atoms with van der Waals surface area (Å²) in [5, 5.41) is 9.20. The Morgan fingerprint density at radius 3 is 2.70 bits per heavy atom. The second kappa shape index (κ2) is 8.40. The van der Waals surface area contributed by atoms with Crippen LogP contribution < -0.4 is 0 Å². The molecule has 5 nitrogen and oxygen atoms in total. The summed E-state index contributed by atoms with van der Waals surface area (Å²) in [5.74, 6) is -0.297. The Hall–Kier alpha value is -3.28. The molecular weight excluding hydrogens is 345 g/mol. The molecule has 3 rings (SSSR count). The number of carboxylic acids is 1. The summed E-state index contributed by atoms with van der Waals surface area (Å²) in [5.41, 5.74) is 2.50. The van der Waals surface area contributed by atoms with E-state index in [1.54, 1.807) is 30.5 Å². The minimum absolute atomic E-state index is 0.215. The maximum Gasteiger partial charge on any atom is 0.335 e. The van der Waals surface area contributed by atoms with Gasteiger partial charge < -0.3 is 9.67 Å². The minimum Gasteiger partial charge on any atom is -0.478 e. The molecule has 0 bridgehead atoms. The van der Waals surface area contributed by atoms with Crippen molar-refractivity contribution in [3.63, 3.8) is 0 Å². The molecule has 0 fully saturated rings. The normalized spacial score (nSPS) is 10.7. The monoisotopic (exact) mass is 365 g/mol. The summed E-state index contributed by atoms with van der Waals surface area (Å²) >= 11 is 0. The van der Waals surface area contributed by atoms with E-state index in [0.717, 1.165) is 29.9 Å². The Kier molecular flexibility index (Phi) is 5.76. The number of hydrogen-bond acceptors (Lipinski definition) is 3. The number of aromatic nitrogens is 3. The lowest BCUT2D eigenvalue weighted by atomic mass is 10.1. The SMILES string of the molecule is C=Cc1cc(C(=O)O)cc(CCCc2nccn2Cc2ccc(F)cc2)n1. The van der Waals surface area contributed by atoms with E-state index in [-0.39, 0.29) is 11.4 Å². The topological polar surface area (TPSA) is 68.0 Å². The van der Waals surface area contributed by atoms with Crippen molar-refractivity contribution in [2.45, 2.75) is 25.8 Å². The number of halogens is 1. The third-order valence-corrected chi connectivity index (χ3v) is 4.26. The zero-order valence-electron chi connectivity index (χ0n) is 14.8. The highest BCUT2D eigenvalue weighted by Gasteiger charge is 2.09. The summed E-state index contributed by atoms with van der Waals surface area (Å²) in [6.07, 6.45) is 7.36. The average Bonchev–Trinajstić information content (AvgIpc) is 3.10. The molecule has 1 N–H and O–H groups in total. The van der Waals surface area contributed by atoms with Crippen LogP contribution in [0.1, 0.15) is 39.6 Å². The van der Waals surface area contributed by atoms with Gasteiger partial charge in [0.05, 0.1) is 11.3 Å². The van der Waals surface area contributed by atoms with E-state index in [0.29, 0.717) is 18.7 Å². The molecule has 0 aliphatic rings. The molecule has 0 radical (unpaired) electrons. The lowest BCUT2D eigenvalue weighted by Gasteiger charge is -2.09. The van der Waals surface area contributed by atoms with Crippen molar-refractivity contribution in [3.05, 3.63) is 89.5 Å². The van der Waals surface area contributed by atoms with Gasteiger partial charge in [0, 0.05) is 31.1 Å². The molecule has 3 aromatic rings. The quantitative estimate of drug-likeness (QED) is 0.656. The van der Waals surface area contributed by atoms with Crippen LogP contribution in [0.4, 0.5) is 4.39 Å². The molecule has 2 heterocycles. The van der Waals surface area contributed by atoms with Crippen molar-refractivity contribution in [2.75, 3.05) is 0 Å². The largest absolute Gasteiger partial charge is 0.478 e. The summed E-state index contributed by atoms with van der Waals surface area (Å²) in [4.78, 5) is 20.0. The van der Waals surface area contributed by atoms with Gasteiger partial charge in [-0.15, -0.1) is 0 Å². The van der Waals surface area contributed by atoms with Crippen molar-refractivity contribution < 1.29 is 14.3 Å². The van der Waals surface area contributed by atoms with Crippen molar-refractivity contribution in [1.29, 1.82) is 0 Å². The Morgan fingerprint density at radius 2 is 2.00 bits per heavy atom. The first-order valence-electron chi connectivity index (χ1n) is 8.66. The number of hydrogen-bond donors (Lipinski definition) is 1. The number of imidazole rings is 1. The molecule has 0 saturated heterocycles. The van der Waals surface area contributed by atoms with Gasteiger partial charge in [0.1, 0.15) is 11.6 Å². The van der Waals surface area contributed by atoms with Gasteiger partial charge in [-0.2, -0.15) is 0 Å². The number of aromatic carboxylic acids is 1. The fourth-order valence-electron chi connectivity index (χ4n) is 2.89. The molecule has 138 valence electrons. The van der Waals surface area contributed by atoms with Gasteiger partial charge in [-0.25, -0.2) is 14.2 Å². The first-order valence-corrected chi connectivity index (χ1v) is 8.66. The van der Waals surface area contributed by atoms with E-state index in [1.807, 2.05) is 10.8 Å². The molecule has 0 aliphatic carbocycles. The molecule has 0 amide bonds.